The summed E-state index contributed by atoms with van der Waals surface area (Å²) < 4.78 is 7.02. The van der Waals surface area contributed by atoms with E-state index in [1.807, 2.05) is 35.2 Å². The van der Waals surface area contributed by atoms with Gasteiger partial charge in [-0.2, -0.15) is 0 Å². The van der Waals surface area contributed by atoms with Gasteiger partial charge in [-0.15, -0.1) is 5.10 Å². The SMILES string of the molecule is NC(=NCc1ncn(-c2ccccc2)n1)N1CCOCC1. The summed E-state index contributed by atoms with van der Waals surface area (Å²) in [6.07, 6.45) is 1.69. The molecule has 2 aromatic rings. The summed E-state index contributed by atoms with van der Waals surface area (Å²) in [6.45, 7) is 3.32. The third-order valence-electron chi connectivity index (χ3n) is 3.28. The van der Waals surface area contributed by atoms with E-state index in [1.54, 1.807) is 11.0 Å². The van der Waals surface area contributed by atoms with Gasteiger partial charge in [0, 0.05) is 13.1 Å². The van der Waals surface area contributed by atoms with Crippen LogP contribution in [0.3, 0.4) is 0 Å². The summed E-state index contributed by atoms with van der Waals surface area (Å²) in [5, 5.41) is 4.40. The number of guanidine groups is 1. The molecule has 1 aromatic heterocycles. The Kier molecular flexibility index (Phi) is 4.11. The van der Waals surface area contributed by atoms with Gasteiger partial charge in [0.15, 0.2) is 11.8 Å². The predicted molar refractivity (Wildman–Crippen MR) is 79.1 cm³/mol. The first-order valence-corrected chi connectivity index (χ1v) is 6.91. The highest BCUT2D eigenvalue weighted by Gasteiger charge is 2.12. The lowest BCUT2D eigenvalue weighted by atomic mass is 10.3. The van der Waals surface area contributed by atoms with Gasteiger partial charge in [-0.3, -0.25) is 0 Å². The van der Waals surface area contributed by atoms with Crippen molar-refractivity contribution in [3.63, 3.8) is 0 Å². The van der Waals surface area contributed by atoms with Crippen LogP contribution in [0.4, 0.5) is 0 Å². The van der Waals surface area contributed by atoms with Crippen LogP contribution in [-0.4, -0.2) is 51.9 Å². The number of benzene rings is 1. The van der Waals surface area contributed by atoms with Crippen molar-refractivity contribution < 1.29 is 4.74 Å². The normalized spacial score (nSPS) is 16.2. The number of para-hydroxylation sites is 1. The molecule has 3 rings (SSSR count). The lowest BCUT2D eigenvalue weighted by Crippen LogP contribution is -2.44. The van der Waals surface area contributed by atoms with E-state index in [9.17, 15) is 0 Å². The van der Waals surface area contributed by atoms with Crippen molar-refractivity contribution in [2.75, 3.05) is 26.3 Å². The highest BCUT2D eigenvalue weighted by Crippen LogP contribution is 2.05. The van der Waals surface area contributed by atoms with E-state index in [4.69, 9.17) is 10.5 Å². The van der Waals surface area contributed by atoms with Crippen LogP contribution in [0.15, 0.2) is 41.7 Å². The van der Waals surface area contributed by atoms with Crippen LogP contribution in [-0.2, 0) is 11.3 Å². The second kappa shape index (κ2) is 6.36. The zero-order valence-corrected chi connectivity index (χ0v) is 11.7. The first-order valence-electron chi connectivity index (χ1n) is 6.91. The van der Waals surface area contributed by atoms with Crippen LogP contribution >= 0.6 is 0 Å². The fourth-order valence-corrected chi connectivity index (χ4v) is 2.12. The second-order valence-corrected chi connectivity index (χ2v) is 4.71. The summed E-state index contributed by atoms with van der Waals surface area (Å²) in [7, 11) is 0. The quantitative estimate of drug-likeness (QED) is 0.653. The van der Waals surface area contributed by atoms with Gasteiger partial charge < -0.3 is 15.4 Å². The standard InChI is InChI=1S/C14H18N6O/c15-14(19-6-8-21-9-7-19)16-10-13-17-11-20(18-13)12-4-2-1-3-5-12/h1-5,11H,6-10H2,(H2,15,16). The Hall–Kier alpha value is -2.41. The highest BCUT2D eigenvalue weighted by atomic mass is 16.5. The number of rotatable bonds is 3. The Morgan fingerprint density at radius 3 is 2.76 bits per heavy atom. The van der Waals surface area contributed by atoms with E-state index in [0.29, 0.717) is 31.5 Å². The third kappa shape index (κ3) is 3.38. The summed E-state index contributed by atoms with van der Waals surface area (Å²) in [5.74, 6) is 1.17. The predicted octanol–water partition coefficient (Wildman–Crippen LogP) is 0.414. The van der Waals surface area contributed by atoms with Crippen molar-refractivity contribution in [2.24, 2.45) is 10.7 Å². The van der Waals surface area contributed by atoms with Crippen molar-refractivity contribution in [3.05, 3.63) is 42.5 Å². The van der Waals surface area contributed by atoms with Gasteiger partial charge >= 0.3 is 0 Å². The highest BCUT2D eigenvalue weighted by molar-refractivity contribution is 5.78. The summed E-state index contributed by atoms with van der Waals surface area (Å²) in [4.78, 5) is 10.6. The molecule has 110 valence electrons. The molecule has 7 heteroatoms. The van der Waals surface area contributed by atoms with Crippen LogP contribution in [0, 0.1) is 0 Å². The van der Waals surface area contributed by atoms with Gasteiger partial charge in [0.05, 0.1) is 18.9 Å². The maximum absolute atomic E-state index is 5.97. The van der Waals surface area contributed by atoms with Gasteiger partial charge in [-0.25, -0.2) is 14.7 Å². The third-order valence-corrected chi connectivity index (χ3v) is 3.28. The van der Waals surface area contributed by atoms with Crippen molar-refractivity contribution in [1.82, 2.24) is 19.7 Å². The van der Waals surface area contributed by atoms with E-state index in [0.717, 1.165) is 18.8 Å². The molecule has 21 heavy (non-hydrogen) atoms. The van der Waals surface area contributed by atoms with Gasteiger partial charge in [0.2, 0.25) is 0 Å². The van der Waals surface area contributed by atoms with Crippen LogP contribution < -0.4 is 5.73 Å². The average Bonchev–Trinajstić information content (AvgIpc) is 3.03. The topological polar surface area (TPSA) is 81.6 Å². The molecule has 1 fully saturated rings. The summed E-state index contributed by atoms with van der Waals surface area (Å²) in [5.41, 5.74) is 6.95. The van der Waals surface area contributed by atoms with Crippen molar-refractivity contribution >= 4 is 5.96 Å². The molecule has 2 N–H and O–H groups in total. The van der Waals surface area contributed by atoms with E-state index in [2.05, 4.69) is 15.1 Å². The number of morpholine rings is 1. The Morgan fingerprint density at radius 1 is 1.24 bits per heavy atom. The smallest absolute Gasteiger partial charge is 0.191 e. The number of hydrogen-bond donors (Lipinski definition) is 1. The minimum atomic E-state index is 0.378. The molecule has 1 saturated heterocycles. The molecule has 1 aromatic carbocycles. The van der Waals surface area contributed by atoms with Gasteiger partial charge in [0.1, 0.15) is 12.9 Å². The maximum atomic E-state index is 5.97. The minimum absolute atomic E-state index is 0.378. The summed E-state index contributed by atoms with van der Waals surface area (Å²) >= 11 is 0. The Labute approximate surface area is 123 Å². The molecule has 1 aliphatic rings. The zero-order valence-electron chi connectivity index (χ0n) is 11.7. The van der Waals surface area contributed by atoms with Crippen molar-refractivity contribution in [1.29, 1.82) is 0 Å². The fraction of sp³-hybridized carbons (Fsp3) is 0.357. The molecule has 0 saturated carbocycles. The largest absolute Gasteiger partial charge is 0.378 e. The lowest BCUT2D eigenvalue weighted by Gasteiger charge is -2.27. The Balaban J connectivity index is 1.64. The van der Waals surface area contributed by atoms with Crippen molar-refractivity contribution in [2.45, 2.75) is 6.54 Å². The molecule has 0 amide bonds. The molecule has 0 bridgehead atoms. The molecule has 1 aliphatic heterocycles. The van der Waals surface area contributed by atoms with Crippen LogP contribution in [0.1, 0.15) is 5.82 Å². The molecule has 0 radical (unpaired) electrons. The van der Waals surface area contributed by atoms with Crippen LogP contribution in [0.2, 0.25) is 0 Å². The molecule has 0 aliphatic carbocycles. The van der Waals surface area contributed by atoms with Gasteiger partial charge in [-0.1, -0.05) is 18.2 Å². The molecule has 0 spiro atoms. The first-order chi connectivity index (χ1) is 10.3. The van der Waals surface area contributed by atoms with E-state index >= 15 is 0 Å². The second-order valence-electron chi connectivity index (χ2n) is 4.71. The van der Waals surface area contributed by atoms with E-state index in [1.165, 1.54) is 0 Å². The van der Waals surface area contributed by atoms with E-state index in [-0.39, 0.29) is 0 Å². The number of aliphatic imine (C=N–C) groups is 1. The molecular weight excluding hydrogens is 268 g/mol. The monoisotopic (exact) mass is 286 g/mol. The molecule has 0 atom stereocenters. The van der Waals surface area contributed by atoms with E-state index < -0.39 is 0 Å². The number of ether oxygens (including phenoxy) is 1. The zero-order chi connectivity index (χ0) is 14.5. The average molecular weight is 286 g/mol. The van der Waals surface area contributed by atoms with Crippen LogP contribution in [0.5, 0.6) is 0 Å². The number of nitrogens with zero attached hydrogens (tertiary/aromatic N) is 5. The molecule has 7 nitrogen and oxygen atoms in total. The number of nitrogens with two attached hydrogens (primary N) is 1. The number of hydrogen-bond acceptors (Lipinski definition) is 4. The molecule has 2 heterocycles. The number of aromatic nitrogens is 3. The van der Waals surface area contributed by atoms with Gasteiger partial charge in [-0.05, 0) is 12.1 Å². The fourth-order valence-electron chi connectivity index (χ4n) is 2.12. The Morgan fingerprint density at radius 2 is 2.00 bits per heavy atom. The molecular formula is C14H18N6O. The first kappa shape index (κ1) is 13.6. The minimum Gasteiger partial charge on any atom is -0.378 e. The van der Waals surface area contributed by atoms with Crippen molar-refractivity contribution in [3.8, 4) is 5.69 Å². The summed E-state index contributed by atoms with van der Waals surface area (Å²) in [6, 6.07) is 9.85. The Bertz CT molecular complexity index is 603. The molecule has 0 unspecified atom stereocenters. The lowest BCUT2D eigenvalue weighted by molar-refractivity contribution is 0.0674. The van der Waals surface area contributed by atoms with Crippen LogP contribution in [0.25, 0.3) is 5.69 Å². The van der Waals surface area contributed by atoms with Gasteiger partial charge in [0.25, 0.3) is 0 Å². The maximum Gasteiger partial charge on any atom is 0.191 e.